The minimum absolute atomic E-state index is 0.468. The molecule has 0 aliphatic heterocycles. The van der Waals surface area contributed by atoms with E-state index in [-0.39, 0.29) is 0 Å². The van der Waals surface area contributed by atoms with Gasteiger partial charge in [-0.1, -0.05) is 41.6 Å². The van der Waals surface area contributed by atoms with Crippen molar-refractivity contribution in [1.82, 2.24) is 0 Å². The molecule has 0 aromatic rings. The molecule has 2 atom stereocenters. The number of rotatable bonds is 2. The van der Waals surface area contributed by atoms with Gasteiger partial charge in [0.2, 0.25) is 0 Å². The molecule has 12 heavy (non-hydrogen) atoms. The zero-order valence-corrected chi connectivity index (χ0v) is 9.48. The molecule has 0 amide bonds. The van der Waals surface area contributed by atoms with Gasteiger partial charge in [-0.25, -0.2) is 0 Å². The van der Waals surface area contributed by atoms with Gasteiger partial charge in [0.1, 0.15) is 0 Å². The fraction of sp³-hybridized carbons (Fsp3) is 1.00. The van der Waals surface area contributed by atoms with Gasteiger partial charge in [0.05, 0.1) is 6.10 Å². The van der Waals surface area contributed by atoms with Crippen LogP contribution in [0.2, 0.25) is 0 Å². The fourth-order valence-corrected chi connectivity index (χ4v) is 2.55. The van der Waals surface area contributed by atoms with Gasteiger partial charge in [0.15, 0.2) is 0 Å². The van der Waals surface area contributed by atoms with Gasteiger partial charge in [-0.2, -0.15) is 0 Å². The maximum atomic E-state index is 5.68. The van der Waals surface area contributed by atoms with Crippen LogP contribution in [-0.2, 0) is 4.74 Å². The maximum Gasteiger partial charge on any atom is 0.0699 e. The number of hydrogen-bond acceptors (Lipinski definition) is 1. The molecule has 1 saturated carbocycles. The number of hydrogen-bond donors (Lipinski definition) is 0. The Morgan fingerprint density at radius 2 is 1.83 bits per heavy atom. The summed E-state index contributed by atoms with van der Waals surface area (Å²) in [4.78, 5) is 0.595. The molecule has 0 radical (unpaired) electrons. The van der Waals surface area contributed by atoms with Crippen LogP contribution in [0.15, 0.2) is 0 Å². The van der Waals surface area contributed by atoms with E-state index in [1.807, 2.05) is 0 Å². The zero-order chi connectivity index (χ0) is 8.81. The average Bonchev–Trinajstić information content (AvgIpc) is 2.05. The first-order valence-electron chi connectivity index (χ1n) is 5.10. The van der Waals surface area contributed by atoms with Crippen molar-refractivity contribution in [3.8, 4) is 0 Å². The standard InChI is InChI=1S/C10H19BrO/c1-2-12-10-8-6-4-3-5-7-9(10)11/h9-10H,2-8H2,1H3. The average molecular weight is 235 g/mol. The normalized spacial score (nSPS) is 32.5. The molecular weight excluding hydrogens is 216 g/mol. The van der Waals surface area contributed by atoms with Crippen LogP contribution in [0.5, 0.6) is 0 Å². The van der Waals surface area contributed by atoms with Gasteiger partial charge >= 0.3 is 0 Å². The summed E-state index contributed by atoms with van der Waals surface area (Å²) in [5, 5.41) is 0. The molecular formula is C10H19BrO. The quantitative estimate of drug-likeness (QED) is 0.665. The lowest BCUT2D eigenvalue weighted by atomic mass is 9.98. The molecule has 0 N–H and O–H groups in total. The lowest BCUT2D eigenvalue weighted by molar-refractivity contribution is 0.0500. The molecule has 1 aliphatic carbocycles. The SMILES string of the molecule is CCOC1CCCCCCC1Br. The summed E-state index contributed by atoms with van der Waals surface area (Å²) in [6.07, 6.45) is 8.49. The minimum atomic E-state index is 0.468. The van der Waals surface area contributed by atoms with Gasteiger partial charge in [0.25, 0.3) is 0 Å². The third-order valence-corrected chi connectivity index (χ3v) is 3.55. The van der Waals surface area contributed by atoms with Crippen LogP contribution in [0, 0.1) is 0 Å². The summed E-state index contributed by atoms with van der Waals surface area (Å²) in [5.41, 5.74) is 0. The third kappa shape index (κ3) is 3.44. The second-order valence-electron chi connectivity index (χ2n) is 3.50. The molecule has 1 fully saturated rings. The van der Waals surface area contributed by atoms with Crippen LogP contribution in [0.1, 0.15) is 45.4 Å². The summed E-state index contributed by atoms with van der Waals surface area (Å²) in [6.45, 7) is 2.94. The Labute approximate surface area is 84.0 Å². The summed E-state index contributed by atoms with van der Waals surface area (Å²) in [7, 11) is 0. The van der Waals surface area contributed by atoms with Crippen molar-refractivity contribution in [2.24, 2.45) is 0 Å². The Hall–Kier alpha value is 0.440. The van der Waals surface area contributed by atoms with Gasteiger partial charge in [0, 0.05) is 11.4 Å². The van der Waals surface area contributed by atoms with E-state index in [1.165, 1.54) is 38.5 Å². The highest BCUT2D eigenvalue weighted by Crippen LogP contribution is 2.25. The van der Waals surface area contributed by atoms with E-state index < -0.39 is 0 Å². The molecule has 1 nitrogen and oxygen atoms in total. The van der Waals surface area contributed by atoms with Gasteiger partial charge < -0.3 is 4.74 Å². The minimum Gasteiger partial charge on any atom is -0.377 e. The van der Waals surface area contributed by atoms with Crippen LogP contribution in [0.25, 0.3) is 0 Å². The first-order chi connectivity index (χ1) is 5.84. The molecule has 0 spiro atoms. The molecule has 2 heteroatoms. The van der Waals surface area contributed by atoms with E-state index in [4.69, 9.17) is 4.74 Å². The highest BCUT2D eigenvalue weighted by molar-refractivity contribution is 9.09. The summed E-state index contributed by atoms with van der Waals surface area (Å²) in [5.74, 6) is 0. The molecule has 0 bridgehead atoms. The monoisotopic (exact) mass is 234 g/mol. The molecule has 0 heterocycles. The predicted octanol–water partition coefficient (Wildman–Crippen LogP) is 3.51. The lowest BCUT2D eigenvalue weighted by Crippen LogP contribution is -2.25. The number of alkyl halides is 1. The van der Waals surface area contributed by atoms with Crippen LogP contribution < -0.4 is 0 Å². The van der Waals surface area contributed by atoms with Crippen molar-refractivity contribution < 1.29 is 4.74 Å². The van der Waals surface area contributed by atoms with Crippen molar-refractivity contribution in [3.05, 3.63) is 0 Å². The molecule has 0 saturated heterocycles. The van der Waals surface area contributed by atoms with Crippen LogP contribution >= 0.6 is 15.9 Å². The smallest absolute Gasteiger partial charge is 0.0699 e. The van der Waals surface area contributed by atoms with Crippen molar-refractivity contribution in [1.29, 1.82) is 0 Å². The molecule has 72 valence electrons. The fourth-order valence-electron chi connectivity index (χ4n) is 1.81. The number of halogens is 1. The van der Waals surface area contributed by atoms with E-state index in [0.717, 1.165) is 6.61 Å². The van der Waals surface area contributed by atoms with Crippen molar-refractivity contribution in [3.63, 3.8) is 0 Å². The van der Waals surface area contributed by atoms with Gasteiger partial charge in [-0.3, -0.25) is 0 Å². The summed E-state index contributed by atoms with van der Waals surface area (Å²) in [6, 6.07) is 0. The maximum absolute atomic E-state index is 5.68. The Morgan fingerprint density at radius 3 is 2.50 bits per heavy atom. The Kier molecular flexibility index (Phi) is 5.24. The van der Waals surface area contributed by atoms with Crippen LogP contribution in [-0.4, -0.2) is 17.5 Å². The Bertz CT molecular complexity index is 116. The van der Waals surface area contributed by atoms with Crippen molar-refractivity contribution >= 4 is 15.9 Å². The Balaban J connectivity index is 2.32. The summed E-state index contributed by atoms with van der Waals surface area (Å²) >= 11 is 3.72. The molecule has 1 aliphatic rings. The highest BCUT2D eigenvalue weighted by Gasteiger charge is 2.19. The molecule has 0 aromatic heterocycles. The second-order valence-corrected chi connectivity index (χ2v) is 4.68. The van der Waals surface area contributed by atoms with Gasteiger partial charge in [-0.05, 0) is 19.8 Å². The van der Waals surface area contributed by atoms with E-state index in [0.29, 0.717) is 10.9 Å². The first kappa shape index (κ1) is 10.5. The second kappa shape index (κ2) is 5.98. The third-order valence-electron chi connectivity index (χ3n) is 2.50. The van der Waals surface area contributed by atoms with Gasteiger partial charge in [-0.15, -0.1) is 0 Å². The predicted molar refractivity (Wildman–Crippen MR) is 55.8 cm³/mol. The molecule has 1 rings (SSSR count). The Morgan fingerprint density at radius 1 is 1.17 bits per heavy atom. The molecule has 2 unspecified atom stereocenters. The lowest BCUT2D eigenvalue weighted by Gasteiger charge is -2.24. The van der Waals surface area contributed by atoms with E-state index in [9.17, 15) is 0 Å². The highest BCUT2D eigenvalue weighted by atomic mass is 79.9. The van der Waals surface area contributed by atoms with Crippen LogP contribution in [0.4, 0.5) is 0 Å². The zero-order valence-electron chi connectivity index (χ0n) is 7.89. The topological polar surface area (TPSA) is 9.23 Å². The van der Waals surface area contributed by atoms with E-state index in [2.05, 4.69) is 22.9 Å². The van der Waals surface area contributed by atoms with E-state index >= 15 is 0 Å². The first-order valence-corrected chi connectivity index (χ1v) is 6.02. The van der Waals surface area contributed by atoms with E-state index in [1.54, 1.807) is 0 Å². The van der Waals surface area contributed by atoms with Crippen molar-refractivity contribution in [2.45, 2.75) is 56.4 Å². The molecule has 0 aromatic carbocycles. The number of ether oxygens (including phenoxy) is 1. The largest absolute Gasteiger partial charge is 0.377 e. The summed E-state index contributed by atoms with van der Waals surface area (Å²) < 4.78 is 5.68. The van der Waals surface area contributed by atoms with Crippen molar-refractivity contribution in [2.75, 3.05) is 6.61 Å². The van der Waals surface area contributed by atoms with Crippen LogP contribution in [0.3, 0.4) is 0 Å².